The second-order valence-corrected chi connectivity index (χ2v) is 9.58. The van der Waals surface area contributed by atoms with Crippen molar-refractivity contribution in [2.24, 2.45) is 0 Å². The van der Waals surface area contributed by atoms with Gasteiger partial charge in [-0.25, -0.2) is 8.42 Å². The lowest BCUT2D eigenvalue weighted by molar-refractivity contribution is -0.117. The zero-order chi connectivity index (χ0) is 23.2. The van der Waals surface area contributed by atoms with Crippen LogP contribution in [-0.2, 0) is 14.8 Å². The van der Waals surface area contributed by atoms with E-state index in [9.17, 15) is 18.0 Å². The highest BCUT2D eigenvalue weighted by atomic mass is 35.5. The number of sulfonamides is 1. The minimum absolute atomic E-state index is 0.0248. The maximum atomic E-state index is 13.2. The third-order valence-corrected chi connectivity index (χ3v) is 6.23. The average molecular weight is 466 g/mol. The van der Waals surface area contributed by atoms with Crippen LogP contribution in [0.25, 0.3) is 0 Å². The highest BCUT2D eigenvalue weighted by Crippen LogP contribution is 2.26. The second-order valence-electron chi connectivity index (χ2n) is 7.28. The Kier molecular flexibility index (Phi) is 8.47. The number of benzene rings is 2. The molecule has 0 unspecified atom stereocenters. The molecule has 0 saturated carbocycles. The first-order valence-corrected chi connectivity index (χ1v) is 12.3. The summed E-state index contributed by atoms with van der Waals surface area (Å²) in [5, 5.41) is 5.96. The number of carbonyl (C=O) groups is 2. The van der Waals surface area contributed by atoms with Crippen LogP contribution in [0.15, 0.2) is 48.5 Å². The molecule has 7 nitrogen and oxygen atoms in total. The Morgan fingerprint density at radius 1 is 1.06 bits per heavy atom. The molecule has 0 bridgehead atoms. The minimum atomic E-state index is -3.79. The van der Waals surface area contributed by atoms with Crippen molar-refractivity contribution < 1.29 is 18.0 Å². The van der Waals surface area contributed by atoms with Crippen LogP contribution >= 0.6 is 11.6 Å². The van der Waals surface area contributed by atoms with E-state index in [2.05, 4.69) is 10.6 Å². The van der Waals surface area contributed by atoms with Crippen LogP contribution in [0.4, 0.5) is 11.4 Å². The van der Waals surface area contributed by atoms with Gasteiger partial charge in [0.15, 0.2) is 0 Å². The van der Waals surface area contributed by atoms with Gasteiger partial charge in [0.2, 0.25) is 15.9 Å². The number of nitrogens with zero attached hydrogens (tertiary/aromatic N) is 1. The van der Waals surface area contributed by atoms with Gasteiger partial charge in [0.05, 0.1) is 23.2 Å². The molecule has 2 aromatic carbocycles. The summed E-state index contributed by atoms with van der Waals surface area (Å²) in [6.07, 6.45) is 2.02. The molecule has 0 radical (unpaired) electrons. The Morgan fingerprint density at radius 3 is 2.32 bits per heavy atom. The fourth-order valence-electron chi connectivity index (χ4n) is 3.08. The van der Waals surface area contributed by atoms with E-state index in [4.69, 9.17) is 11.6 Å². The number of hydrogen-bond donors (Lipinski definition) is 2. The van der Waals surface area contributed by atoms with Gasteiger partial charge >= 0.3 is 0 Å². The van der Waals surface area contributed by atoms with Gasteiger partial charge in [-0.05, 0) is 50.1 Å². The molecule has 0 heterocycles. The number of para-hydroxylation sites is 1. The fourth-order valence-corrected chi connectivity index (χ4v) is 4.47. The summed E-state index contributed by atoms with van der Waals surface area (Å²) in [6.45, 7) is 5.57. The predicted octanol–water partition coefficient (Wildman–Crippen LogP) is 4.05. The van der Waals surface area contributed by atoms with Gasteiger partial charge in [0.25, 0.3) is 5.91 Å². The molecule has 0 fully saturated rings. The number of halogens is 1. The Hall–Kier alpha value is -2.58. The van der Waals surface area contributed by atoms with Gasteiger partial charge in [-0.1, -0.05) is 43.6 Å². The number of amides is 2. The molecule has 0 aliphatic carbocycles. The molecule has 2 N–H and O–H groups in total. The molecule has 168 valence electrons. The van der Waals surface area contributed by atoms with E-state index in [-0.39, 0.29) is 18.4 Å². The standard InChI is InChI=1S/C22H28ClN3O4S/c1-5-15(3)24-21(27)18-12-7-8-13-19(18)25-22(28)20(6-2)26(31(4,29)30)17-11-9-10-16(23)14-17/h7-15,20H,5-6H2,1-4H3,(H,24,27)(H,25,28)/t15-,20+/m0/s1. The van der Waals surface area contributed by atoms with Crippen molar-refractivity contribution in [3.8, 4) is 0 Å². The molecule has 0 aliphatic heterocycles. The van der Waals surface area contributed by atoms with E-state index in [0.29, 0.717) is 22.0 Å². The van der Waals surface area contributed by atoms with E-state index < -0.39 is 22.0 Å². The van der Waals surface area contributed by atoms with Crippen molar-refractivity contribution in [2.45, 2.75) is 45.7 Å². The molecule has 31 heavy (non-hydrogen) atoms. The molecular weight excluding hydrogens is 438 g/mol. The average Bonchev–Trinajstić information content (AvgIpc) is 2.70. The third kappa shape index (κ3) is 6.45. The lowest BCUT2D eigenvalue weighted by atomic mass is 10.1. The summed E-state index contributed by atoms with van der Waals surface area (Å²) >= 11 is 6.04. The summed E-state index contributed by atoms with van der Waals surface area (Å²) < 4.78 is 26.2. The first kappa shape index (κ1) is 24.7. The molecule has 2 rings (SSSR count). The van der Waals surface area contributed by atoms with Crippen molar-refractivity contribution in [3.63, 3.8) is 0 Å². The molecule has 0 spiro atoms. The predicted molar refractivity (Wildman–Crippen MR) is 125 cm³/mol. The first-order chi connectivity index (χ1) is 14.6. The van der Waals surface area contributed by atoms with Gasteiger partial charge in [0, 0.05) is 11.1 Å². The summed E-state index contributed by atoms with van der Waals surface area (Å²) in [7, 11) is -3.79. The van der Waals surface area contributed by atoms with E-state index >= 15 is 0 Å². The number of hydrogen-bond acceptors (Lipinski definition) is 4. The fraction of sp³-hybridized carbons (Fsp3) is 0.364. The Balaban J connectivity index is 2.37. The molecule has 0 aromatic heterocycles. The van der Waals surface area contributed by atoms with Gasteiger partial charge < -0.3 is 10.6 Å². The highest BCUT2D eigenvalue weighted by Gasteiger charge is 2.32. The van der Waals surface area contributed by atoms with Crippen molar-refractivity contribution in [1.82, 2.24) is 5.32 Å². The maximum absolute atomic E-state index is 13.2. The molecule has 2 amide bonds. The molecule has 2 atom stereocenters. The molecule has 9 heteroatoms. The second kappa shape index (κ2) is 10.6. The molecule has 0 aliphatic rings. The smallest absolute Gasteiger partial charge is 0.253 e. The molecule has 0 saturated heterocycles. The zero-order valence-electron chi connectivity index (χ0n) is 18.1. The number of nitrogens with one attached hydrogen (secondary N) is 2. The van der Waals surface area contributed by atoms with Crippen molar-refractivity contribution in [1.29, 1.82) is 0 Å². The zero-order valence-corrected chi connectivity index (χ0v) is 19.6. The van der Waals surface area contributed by atoms with Crippen molar-refractivity contribution >= 4 is 44.8 Å². The maximum Gasteiger partial charge on any atom is 0.253 e. The van der Waals surface area contributed by atoms with Crippen LogP contribution in [0.5, 0.6) is 0 Å². The monoisotopic (exact) mass is 465 g/mol. The third-order valence-electron chi connectivity index (χ3n) is 4.81. The van der Waals surface area contributed by atoms with Crippen molar-refractivity contribution in [3.05, 3.63) is 59.1 Å². The Labute approximate surface area is 188 Å². The normalized spacial score (nSPS) is 13.2. The largest absolute Gasteiger partial charge is 0.350 e. The van der Waals surface area contributed by atoms with Crippen LogP contribution in [-0.4, -0.2) is 38.6 Å². The topological polar surface area (TPSA) is 95.6 Å². The minimum Gasteiger partial charge on any atom is -0.350 e. The number of anilines is 2. The summed E-state index contributed by atoms with van der Waals surface area (Å²) in [4.78, 5) is 25.8. The van der Waals surface area contributed by atoms with Crippen LogP contribution in [0.3, 0.4) is 0 Å². The molecular formula is C22H28ClN3O4S. The van der Waals surface area contributed by atoms with E-state index in [0.717, 1.165) is 17.0 Å². The van der Waals surface area contributed by atoms with E-state index in [1.54, 1.807) is 49.4 Å². The van der Waals surface area contributed by atoms with Crippen LogP contribution in [0.2, 0.25) is 5.02 Å². The molecule has 2 aromatic rings. The first-order valence-electron chi connectivity index (χ1n) is 10.0. The van der Waals surface area contributed by atoms with Crippen molar-refractivity contribution in [2.75, 3.05) is 15.9 Å². The highest BCUT2D eigenvalue weighted by molar-refractivity contribution is 7.92. The van der Waals surface area contributed by atoms with E-state index in [1.807, 2.05) is 13.8 Å². The van der Waals surface area contributed by atoms with Gasteiger partial charge in [-0.15, -0.1) is 0 Å². The summed E-state index contributed by atoms with van der Waals surface area (Å²) in [6, 6.07) is 11.9. The van der Waals surface area contributed by atoms with E-state index in [1.165, 1.54) is 6.07 Å². The summed E-state index contributed by atoms with van der Waals surface area (Å²) in [5.41, 5.74) is 0.908. The van der Waals surface area contributed by atoms with Crippen LogP contribution in [0.1, 0.15) is 44.0 Å². The van der Waals surface area contributed by atoms with Gasteiger partial charge in [-0.2, -0.15) is 0 Å². The van der Waals surface area contributed by atoms with Crippen LogP contribution in [0, 0.1) is 0 Å². The van der Waals surface area contributed by atoms with Crippen LogP contribution < -0.4 is 14.9 Å². The number of carbonyl (C=O) groups excluding carboxylic acids is 2. The Morgan fingerprint density at radius 2 is 1.74 bits per heavy atom. The quantitative estimate of drug-likeness (QED) is 0.583. The SMILES string of the molecule is CC[C@H](C(=O)Nc1ccccc1C(=O)N[C@@H](C)CC)N(c1cccc(Cl)c1)S(C)(=O)=O. The lowest BCUT2D eigenvalue weighted by Gasteiger charge is -2.30. The summed E-state index contributed by atoms with van der Waals surface area (Å²) in [5.74, 6) is -0.857. The van der Waals surface area contributed by atoms with Gasteiger partial charge in [-0.3, -0.25) is 13.9 Å². The Bertz CT molecular complexity index is 1040. The van der Waals surface area contributed by atoms with Gasteiger partial charge in [0.1, 0.15) is 6.04 Å². The lowest BCUT2D eigenvalue weighted by Crippen LogP contribution is -2.47. The number of rotatable bonds is 9.